The van der Waals surface area contributed by atoms with Crippen molar-refractivity contribution in [1.29, 1.82) is 0 Å². The topological polar surface area (TPSA) is 233 Å². The van der Waals surface area contributed by atoms with E-state index in [0.29, 0.717) is 0 Å². The molecule has 0 atom stereocenters. The Morgan fingerprint density at radius 2 is 0.474 bits per heavy atom. The van der Waals surface area contributed by atoms with Crippen molar-refractivity contribution in [1.82, 2.24) is 0 Å². The van der Waals surface area contributed by atoms with Crippen LogP contribution in [0, 0.1) is 0 Å². The molecule has 0 aliphatic rings. The molecule has 12 nitrogen and oxygen atoms in total. The number of hydrogen-bond donors (Lipinski definition) is 9. The van der Waals surface area contributed by atoms with Gasteiger partial charge in [-0.15, -0.1) is 0 Å². The van der Waals surface area contributed by atoms with Crippen LogP contribution in [0.25, 0.3) is 0 Å². The van der Waals surface area contributed by atoms with Crippen molar-refractivity contribution in [2.24, 2.45) is 0 Å². The molecule has 0 saturated carbocycles. The molecular formula is CH16Na3O12P3. The number of rotatable bonds is 0. The second-order valence-corrected chi connectivity index (χ2v) is 4.62. The van der Waals surface area contributed by atoms with E-state index in [1.165, 1.54) is 0 Å². The standard InChI is InChI=1S/CH4.3Na.3H3O4P.3H/c;;;;3*1-5(2,3)4;;;/h1H4;;;;3*(H3,1,2,3,4);;;/q;3*+1;;;;3*-1. The molecule has 0 aromatic carbocycles. The maximum absolute atomic E-state index is 8.88. The number of phosphoric acid groups is 3. The van der Waals surface area contributed by atoms with Crippen molar-refractivity contribution in [2.45, 2.75) is 7.43 Å². The smallest absolute Gasteiger partial charge is 1.00 e. The molecule has 0 saturated heterocycles. The Bertz CT molecular complexity index is 227. The van der Waals surface area contributed by atoms with Crippen LogP contribution in [0.5, 0.6) is 0 Å². The monoisotopic (exact) mass is 382 g/mol. The molecule has 0 radical (unpaired) electrons. The Hall–Kier alpha value is 3.33. The quantitative estimate of drug-likeness (QED) is 0.140. The van der Waals surface area contributed by atoms with Gasteiger partial charge in [-0.2, -0.15) is 0 Å². The maximum atomic E-state index is 8.88. The molecule has 19 heavy (non-hydrogen) atoms. The minimum absolute atomic E-state index is 0. The Morgan fingerprint density at radius 1 is 0.474 bits per heavy atom. The molecule has 0 aromatic rings. The van der Waals surface area contributed by atoms with E-state index < -0.39 is 23.5 Å². The van der Waals surface area contributed by atoms with Crippen molar-refractivity contribution in [3.8, 4) is 0 Å². The predicted octanol–water partition coefficient (Wildman–Crippen LogP) is -10.8. The summed E-state index contributed by atoms with van der Waals surface area (Å²) in [5.41, 5.74) is 0. The van der Waals surface area contributed by atoms with Crippen LogP contribution in [0.15, 0.2) is 0 Å². The maximum Gasteiger partial charge on any atom is 1.00 e. The third-order valence-corrected chi connectivity index (χ3v) is 0. The van der Waals surface area contributed by atoms with Crippen LogP contribution in [0.3, 0.4) is 0 Å². The van der Waals surface area contributed by atoms with E-state index in [9.17, 15) is 0 Å². The van der Waals surface area contributed by atoms with Crippen LogP contribution in [0.1, 0.15) is 11.7 Å². The van der Waals surface area contributed by atoms with Crippen LogP contribution in [-0.4, -0.2) is 44.0 Å². The normalized spacial score (nSPS) is 9.32. The second-order valence-electron chi connectivity index (χ2n) is 1.54. The van der Waals surface area contributed by atoms with Crippen LogP contribution in [0.4, 0.5) is 0 Å². The fourth-order valence-corrected chi connectivity index (χ4v) is 0. The van der Waals surface area contributed by atoms with E-state index in [1.807, 2.05) is 0 Å². The molecule has 0 amide bonds. The molecule has 9 N–H and O–H groups in total. The predicted molar refractivity (Wildman–Crippen MR) is 52.9 cm³/mol. The van der Waals surface area contributed by atoms with Crippen LogP contribution in [-0.2, 0) is 13.7 Å². The van der Waals surface area contributed by atoms with Crippen LogP contribution in [0.2, 0.25) is 0 Å². The fourth-order valence-electron chi connectivity index (χ4n) is 0. The molecule has 0 aliphatic carbocycles. The molecule has 0 aromatic heterocycles. The van der Waals surface area contributed by atoms with Gasteiger partial charge in [0.1, 0.15) is 0 Å². The van der Waals surface area contributed by atoms with Gasteiger partial charge in [-0.3, -0.25) is 0 Å². The first-order chi connectivity index (χ1) is 6.00. The van der Waals surface area contributed by atoms with E-state index in [1.54, 1.807) is 0 Å². The van der Waals surface area contributed by atoms with Gasteiger partial charge in [0.15, 0.2) is 0 Å². The molecular weight excluding hydrogens is 366 g/mol. The fraction of sp³-hybridized carbons (Fsp3) is 1.00. The zero-order valence-corrected chi connectivity index (χ0v) is 18.3. The van der Waals surface area contributed by atoms with Gasteiger partial charge in [0, 0.05) is 0 Å². The Morgan fingerprint density at radius 3 is 0.474 bits per heavy atom. The average molecular weight is 382 g/mol. The SMILES string of the molecule is C.O=P(O)(O)O.O=P(O)(O)O.O=P(O)(O)O.[H-].[H-].[H-].[Na+].[Na+].[Na+]. The summed E-state index contributed by atoms with van der Waals surface area (Å²) in [5, 5.41) is 0. The zero-order valence-electron chi connectivity index (χ0n) is 12.6. The van der Waals surface area contributed by atoms with Gasteiger partial charge in [-0.05, 0) is 0 Å². The van der Waals surface area contributed by atoms with E-state index in [0.717, 1.165) is 0 Å². The minimum atomic E-state index is -4.64. The molecule has 18 heteroatoms. The van der Waals surface area contributed by atoms with Gasteiger partial charge in [0.25, 0.3) is 0 Å². The average Bonchev–Trinajstić information content (AvgIpc) is 1.41. The molecule has 0 heterocycles. The third-order valence-electron chi connectivity index (χ3n) is 0. The van der Waals surface area contributed by atoms with Gasteiger partial charge in [-0.25, -0.2) is 13.7 Å². The summed E-state index contributed by atoms with van der Waals surface area (Å²) in [4.78, 5) is 64.7. The van der Waals surface area contributed by atoms with E-state index in [-0.39, 0.29) is 100 Å². The first-order valence-electron chi connectivity index (χ1n) is 2.35. The van der Waals surface area contributed by atoms with Crippen molar-refractivity contribution in [3.05, 3.63) is 0 Å². The summed E-state index contributed by atoms with van der Waals surface area (Å²) in [6.45, 7) is 0. The molecule has 0 fully saturated rings. The Balaban J connectivity index is -0.0000000106. The summed E-state index contributed by atoms with van der Waals surface area (Å²) in [6.07, 6.45) is 0. The second kappa shape index (κ2) is 19.4. The van der Waals surface area contributed by atoms with E-state index in [2.05, 4.69) is 0 Å². The van der Waals surface area contributed by atoms with Crippen LogP contribution >= 0.6 is 23.5 Å². The molecule has 0 bridgehead atoms. The summed E-state index contributed by atoms with van der Waals surface area (Å²) in [7, 11) is -13.9. The largest absolute Gasteiger partial charge is 1.00 e. The molecule has 0 rings (SSSR count). The molecule has 0 unspecified atom stereocenters. The van der Waals surface area contributed by atoms with Crippen molar-refractivity contribution < 1.29 is 151 Å². The van der Waals surface area contributed by atoms with E-state index in [4.69, 9.17) is 57.7 Å². The third kappa shape index (κ3) is 719. The summed E-state index contributed by atoms with van der Waals surface area (Å²) in [5.74, 6) is 0. The van der Waals surface area contributed by atoms with Crippen LogP contribution < -0.4 is 88.7 Å². The van der Waals surface area contributed by atoms with Gasteiger partial charge in [0.2, 0.25) is 0 Å². The Labute approximate surface area is 179 Å². The van der Waals surface area contributed by atoms with Gasteiger partial charge < -0.3 is 48.3 Å². The number of hydrogen-bond acceptors (Lipinski definition) is 3. The van der Waals surface area contributed by atoms with Crippen molar-refractivity contribution in [3.63, 3.8) is 0 Å². The first-order valence-corrected chi connectivity index (χ1v) is 7.04. The van der Waals surface area contributed by atoms with Crippen molar-refractivity contribution >= 4 is 23.5 Å². The van der Waals surface area contributed by atoms with Gasteiger partial charge in [0.05, 0.1) is 0 Å². The molecule has 0 spiro atoms. The Kier molecular flexibility index (Phi) is 44.1. The zero-order chi connectivity index (χ0) is 13.5. The van der Waals surface area contributed by atoms with Gasteiger partial charge >= 0.3 is 112 Å². The minimum Gasteiger partial charge on any atom is -1.00 e. The molecule has 0 aliphatic heterocycles. The summed E-state index contributed by atoms with van der Waals surface area (Å²) in [6, 6.07) is 0. The van der Waals surface area contributed by atoms with Crippen molar-refractivity contribution in [2.75, 3.05) is 0 Å². The first kappa shape index (κ1) is 43.2. The van der Waals surface area contributed by atoms with E-state index >= 15 is 0 Å². The summed E-state index contributed by atoms with van der Waals surface area (Å²) < 4.78 is 26.6. The summed E-state index contributed by atoms with van der Waals surface area (Å²) >= 11 is 0. The van der Waals surface area contributed by atoms with Gasteiger partial charge in [-0.1, -0.05) is 7.43 Å². The molecule has 110 valence electrons.